The molecule has 4 amide bonds. The molecule has 12 heteroatoms. The largest absolute Gasteiger partial charge is 0.471 e. The summed E-state index contributed by atoms with van der Waals surface area (Å²) >= 11 is 0. The number of likely N-dealkylation sites (tertiary alicyclic amines) is 1. The van der Waals surface area contributed by atoms with Crippen LogP contribution in [0.15, 0.2) is 54.6 Å². The van der Waals surface area contributed by atoms with E-state index < -0.39 is 47.4 Å². The van der Waals surface area contributed by atoms with Crippen LogP contribution >= 0.6 is 0 Å². The molecular weight excluding hydrogens is 539 g/mol. The lowest BCUT2D eigenvalue weighted by molar-refractivity contribution is -0.175. The van der Waals surface area contributed by atoms with Gasteiger partial charge in [-0.2, -0.15) is 18.4 Å². The maximum atomic E-state index is 14.1. The zero-order valence-electron chi connectivity index (χ0n) is 22.7. The lowest BCUT2D eigenvalue weighted by atomic mass is 9.80. The first-order valence-electron chi connectivity index (χ1n) is 13.1. The zero-order chi connectivity index (χ0) is 30.1. The number of hydrogen-bond acceptors (Lipinski definition) is 5. The topological polar surface area (TPSA) is 123 Å². The second-order valence-electron chi connectivity index (χ2n) is 10.8. The Labute approximate surface area is 235 Å². The van der Waals surface area contributed by atoms with E-state index in [0.29, 0.717) is 11.3 Å². The van der Waals surface area contributed by atoms with Crippen molar-refractivity contribution >= 4 is 29.3 Å². The third-order valence-electron chi connectivity index (χ3n) is 7.62. The van der Waals surface area contributed by atoms with Gasteiger partial charge in [-0.25, -0.2) is 0 Å². The predicted octanol–water partition coefficient (Wildman–Crippen LogP) is 3.29. The SMILES string of the molecule is CC(C)C[C@@H](C(=O)N1C[C@]2(CC1C#N)C(=O)Nc1ccccc12)N(C)C(=O)[C@@H](NC(=O)C(F)(F)F)c1ccccc1. The highest BCUT2D eigenvalue weighted by Gasteiger charge is 2.57. The fourth-order valence-electron chi connectivity index (χ4n) is 5.55. The number of fused-ring (bicyclic) bond motifs is 2. The number of alkyl halides is 3. The Morgan fingerprint density at radius 1 is 1.15 bits per heavy atom. The number of halogens is 3. The van der Waals surface area contributed by atoms with Crippen molar-refractivity contribution in [1.82, 2.24) is 15.1 Å². The van der Waals surface area contributed by atoms with E-state index in [4.69, 9.17) is 0 Å². The Kier molecular flexibility index (Phi) is 8.10. The number of benzene rings is 2. The molecule has 0 bridgehead atoms. The van der Waals surface area contributed by atoms with E-state index in [2.05, 4.69) is 11.4 Å². The quantitative estimate of drug-likeness (QED) is 0.530. The Balaban J connectivity index is 1.67. The number of rotatable bonds is 7. The molecule has 2 heterocycles. The molecule has 4 atom stereocenters. The molecule has 41 heavy (non-hydrogen) atoms. The molecule has 2 aromatic carbocycles. The summed E-state index contributed by atoms with van der Waals surface area (Å²) in [6.07, 6.45) is -5.06. The number of anilines is 1. The highest BCUT2D eigenvalue weighted by molar-refractivity contribution is 6.07. The first-order valence-corrected chi connectivity index (χ1v) is 13.1. The van der Waals surface area contributed by atoms with Gasteiger partial charge in [0.1, 0.15) is 18.1 Å². The summed E-state index contributed by atoms with van der Waals surface area (Å²) in [6, 6.07) is 12.7. The van der Waals surface area contributed by atoms with Crippen molar-refractivity contribution in [3.05, 3.63) is 65.7 Å². The van der Waals surface area contributed by atoms with Crippen LogP contribution in [0.1, 0.15) is 43.9 Å². The van der Waals surface area contributed by atoms with Crippen LogP contribution in [0.2, 0.25) is 0 Å². The molecule has 4 rings (SSSR count). The van der Waals surface area contributed by atoms with Crippen molar-refractivity contribution in [1.29, 1.82) is 5.26 Å². The summed E-state index contributed by atoms with van der Waals surface area (Å²) in [7, 11) is 1.29. The van der Waals surface area contributed by atoms with Gasteiger partial charge in [0.15, 0.2) is 0 Å². The third kappa shape index (κ3) is 5.62. The number of carbonyl (C=O) groups is 4. The summed E-state index contributed by atoms with van der Waals surface area (Å²) in [5.41, 5.74) is 0.224. The molecule has 2 N–H and O–H groups in total. The minimum Gasteiger partial charge on any atom is -0.333 e. The number of para-hydroxylation sites is 1. The van der Waals surface area contributed by atoms with Crippen molar-refractivity contribution in [3.63, 3.8) is 0 Å². The minimum absolute atomic E-state index is 0.0540. The van der Waals surface area contributed by atoms with E-state index in [0.717, 1.165) is 4.90 Å². The molecule has 1 unspecified atom stereocenters. The number of likely N-dealkylation sites (N-methyl/N-ethyl adjacent to an activating group) is 1. The van der Waals surface area contributed by atoms with Gasteiger partial charge < -0.3 is 20.4 Å². The van der Waals surface area contributed by atoms with E-state index in [1.165, 1.54) is 36.2 Å². The van der Waals surface area contributed by atoms with Crippen LogP contribution in [0.5, 0.6) is 0 Å². The Morgan fingerprint density at radius 2 is 1.78 bits per heavy atom. The molecule has 216 valence electrons. The maximum Gasteiger partial charge on any atom is 0.471 e. The summed E-state index contributed by atoms with van der Waals surface area (Å²) in [5, 5.41) is 14.6. The zero-order valence-corrected chi connectivity index (χ0v) is 22.7. The van der Waals surface area contributed by atoms with Crippen LogP contribution in [0.3, 0.4) is 0 Å². The van der Waals surface area contributed by atoms with Gasteiger partial charge in [-0.05, 0) is 29.5 Å². The molecule has 2 aliphatic rings. The van der Waals surface area contributed by atoms with Gasteiger partial charge in [-0.3, -0.25) is 19.2 Å². The molecule has 9 nitrogen and oxygen atoms in total. The lowest BCUT2D eigenvalue weighted by Crippen LogP contribution is -2.54. The molecule has 0 radical (unpaired) electrons. The monoisotopic (exact) mass is 569 g/mol. The normalized spacial score (nSPS) is 21.2. The fraction of sp³-hybridized carbons (Fsp3) is 0.414. The molecule has 0 saturated carbocycles. The van der Waals surface area contributed by atoms with Crippen molar-refractivity contribution in [2.75, 3.05) is 18.9 Å². The van der Waals surface area contributed by atoms with Gasteiger partial charge in [-0.15, -0.1) is 0 Å². The average Bonchev–Trinajstić information content (AvgIpc) is 3.46. The van der Waals surface area contributed by atoms with Crippen LogP contribution in [0.25, 0.3) is 0 Å². The number of nitrogens with zero attached hydrogens (tertiary/aromatic N) is 3. The van der Waals surface area contributed by atoms with E-state index in [1.807, 2.05) is 13.8 Å². The maximum absolute atomic E-state index is 14.1. The number of nitriles is 1. The van der Waals surface area contributed by atoms with Gasteiger partial charge in [-0.1, -0.05) is 62.4 Å². The van der Waals surface area contributed by atoms with Gasteiger partial charge in [0.25, 0.3) is 0 Å². The second kappa shape index (κ2) is 11.2. The number of amides is 4. The van der Waals surface area contributed by atoms with Gasteiger partial charge >= 0.3 is 12.1 Å². The van der Waals surface area contributed by atoms with Crippen molar-refractivity contribution in [2.45, 2.75) is 56.4 Å². The van der Waals surface area contributed by atoms with E-state index in [1.54, 1.807) is 35.6 Å². The molecule has 0 aromatic heterocycles. The van der Waals surface area contributed by atoms with Gasteiger partial charge in [0, 0.05) is 25.7 Å². The summed E-state index contributed by atoms with van der Waals surface area (Å²) in [5.74, 6) is -4.30. The predicted molar refractivity (Wildman–Crippen MR) is 142 cm³/mol. The molecule has 1 fully saturated rings. The van der Waals surface area contributed by atoms with Crippen LogP contribution in [0.4, 0.5) is 18.9 Å². The number of hydrogen-bond donors (Lipinski definition) is 2. The molecule has 2 aliphatic heterocycles. The van der Waals surface area contributed by atoms with Gasteiger partial charge in [0.2, 0.25) is 17.7 Å². The Bertz CT molecular complexity index is 1390. The summed E-state index contributed by atoms with van der Waals surface area (Å²) < 4.78 is 39.5. The van der Waals surface area contributed by atoms with Crippen LogP contribution < -0.4 is 10.6 Å². The first-order chi connectivity index (χ1) is 19.3. The molecule has 2 aromatic rings. The van der Waals surface area contributed by atoms with Crippen molar-refractivity contribution in [2.24, 2.45) is 5.92 Å². The van der Waals surface area contributed by atoms with Crippen molar-refractivity contribution < 1.29 is 32.3 Å². The minimum atomic E-state index is -5.24. The number of nitrogens with one attached hydrogen (secondary N) is 2. The van der Waals surface area contributed by atoms with E-state index >= 15 is 0 Å². The summed E-state index contributed by atoms with van der Waals surface area (Å²) in [4.78, 5) is 55.1. The molecule has 1 spiro atoms. The van der Waals surface area contributed by atoms with E-state index in [-0.39, 0.29) is 36.8 Å². The Morgan fingerprint density at radius 3 is 2.39 bits per heavy atom. The van der Waals surface area contributed by atoms with Crippen molar-refractivity contribution in [3.8, 4) is 6.07 Å². The highest BCUT2D eigenvalue weighted by atomic mass is 19.4. The summed E-state index contributed by atoms with van der Waals surface area (Å²) in [6.45, 7) is 3.52. The standard InChI is InChI=1S/C29H30F3N5O4/c1-17(2)13-22(36(3)25(39)23(18-9-5-4-6-10-18)35-27(41)29(30,31)32)24(38)37-16-28(14-19(37)15-33)20-11-7-8-12-21(20)34-26(28)40/h4-12,17,19,22-23H,13-14,16H2,1-3H3,(H,34,40)(H,35,41)/t19?,22-,23-,28-/m0/s1. The fourth-order valence-corrected chi connectivity index (χ4v) is 5.55. The van der Waals surface area contributed by atoms with Gasteiger partial charge in [0.05, 0.1) is 11.5 Å². The lowest BCUT2D eigenvalue weighted by Gasteiger charge is -2.35. The average molecular weight is 570 g/mol. The molecule has 1 saturated heterocycles. The molecular formula is C29H30F3N5O4. The van der Waals surface area contributed by atoms with E-state index in [9.17, 15) is 37.6 Å². The highest BCUT2D eigenvalue weighted by Crippen LogP contribution is 2.46. The smallest absolute Gasteiger partial charge is 0.333 e. The third-order valence-corrected chi connectivity index (χ3v) is 7.62. The Hall–Kier alpha value is -4.40. The van der Waals surface area contributed by atoms with Crippen LogP contribution in [0, 0.1) is 17.2 Å². The molecule has 0 aliphatic carbocycles. The first kappa shape index (κ1) is 29.6. The van der Waals surface area contributed by atoms with Crippen LogP contribution in [-0.4, -0.2) is 65.3 Å². The van der Waals surface area contributed by atoms with Crippen LogP contribution in [-0.2, 0) is 24.6 Å². The second-order valence-corrected chi connectivity index (χ2v) is 10.8. The number of carbonyl (C=O) groups excluding carboxylic acids is 4.